The molecule has 0 saturated carbocycles. The van der Waals surface area contributed by atoms with E-state index in [2.05, 4.69) is 0 Å². The molecule has 0 aliphatic heterocycles. The number of ketones is 1. The van der Waals surface area contributed by atoms with Crippen molar-refractivity contribution in [2.24, 2.45) is 0 Å². The van der Waals surface area contributed by atoms with Gasteiger partial charge in [-0.25, -0.2) is 8.42 Å². The Balaban J connectivity index is 1.95. The van der Waals surface area contributed by atoms with Crippen molar-refractivity contribution in [1.82, 2.24) is 0 Å². The Hall–Kier alpha value is -0.680. The molecule has 0 fully saturated rings. The maximum atomic E-state index is 12.0. The molecule has 0 bridgehead atoms. The van der Waals surface area contributed by atoms with Gasteiger partial charge in [0.25, 0.3) is 0 Å². The van der Waals surface area contributed by atoms with Crippen molar-refractivity contribution < 1.29 is 13.2 Å². The lowest BCUT2D eigenvalue weighted by Gasteiger charge is -2.08. The van der Waals surface area contributed by atoms with E-state index in [-0.39, 0.29) is 11.5 Å². The molecule has 0 spiro atoms. The number of carbonyl (C=O) groups excluding carboxylic acids is 1. The van der Waals surface area contributed by atoms with Crippen molar-refractivity contribution in [1.29, 1.82) is 0 Å². The molecule has 0 amide bonds. The zero-order valence-corrected chi connectivity index (χ0v) is 12.2. The largest absolute Gasteiger partial charge is 0.293 e. The molecule has 0 aromatic carbocycles. The van der Waals surface area contributed by atoms with Crippen LogP contribution in [-0.4, -0.2) is 26.2 Å². The molecule has 2 rings (SSSR count). The Bertz CT molecular complexity index is 517. The smallest absolute Gasteiger partial charge is 0.172 e. The molecule has 0 N–H and O–H groups in total. The molecule has 1 aliphatic carbocycles. The first kappa shape index (κ1) is 13.7. The summed E-state index contributed by atoms with van der Waals surface area (Å²) in [6.07, 6.45) is 6.59. The molecule has 5 heteroatoms. The average Bonchev–Trinajstić information content (AvgIpc) is 2.70. The minimum Gasteiger partial charge on any atom is -0.293 e. The number of hydrogen-bond donors (Lipinski definition) is 0. The van der Waals surface area contributed by atoms with Gasteiger partial charge in [-0.1, -0.05) is 0 Å². The Morgan fingerprint density at radius 1 is 1.33 bits per heavy atom. The molecule has 100 valence electrons. The summed E-state index contributed by atoms with van der Waals surface area (Å²) >= 11 is 1.60. The SMILES string of the molecule is CS(=O)(=O)CCCC(=O)c1cc2c(s1)CCCC2. The van der Waals surface area contributed by atoms with Crippen LogP contribution in [0.2, 0.25) is 0 Å². The fourth-order valence-corrected chi connectivity index (χ4v) is 4.14. The summed E-state index contributed by atoms with van der Waals surface area (Å²) in [5.74, 6) is 0.196. The van der Waals surface area contributed by atoms with Crippen molar-refractivity contribution in [2.75, 3.05) is 12.0 Å². The van der Waals surface area contributed by atoms with Crippen LogP contribution in [0.5, 0.6) is 0 Å². The van der Waals surface area contributed by atoms with E-state index in [1.165, 1.54) is 29.5 Å². The van der Waals surface area contributed by atoms with Gasteiger partial charge in [-0.05, 0) is 43.7 Å². The summed E-state index contributed by atoms with van der Waals surface area (Å²) in [6.45, 7) is 0. The van der Waals surface area contributed by atoms with Gasteiger partial charge in [-0.2, -0.15) is 0 Å². The summed E-state index contributed by atoms with van der Waals surface area (Å²) in [4.78, 5) is 14.1. The van der Waals surface area contributed by atoms with Crippen molar-refractivity contribution in [3.8, 4) is 0 Å². The molecule has 1 aromatic rings. The van der Waals surface area contributed by atoms with Crippen LogP contribution in [0.3, 0.4) is 0 Å². The van der Waals surface area contributed by atoms with Crippen molar-refractivity contribution in [3.63, 3.8) is 0 Å². The van der Waals surface area contributed by atoms with Crippen LogP contribution in [-0.2, 0) is 22.7 Å². The van der Waals surface area contributed by atoms with Crippen LogP contribution in [0, 0.1) is 0 Å². The van der Waals surface area contributed by atoms with E-state index in [0.29, 0.717) is 12.8 Å². The van der Waals surface area contributed by atoms with Gasteiger partial charge in [0.15, 0.2) is 5.78 Å². The van der Waals surface area contributed by atoms with E-state index in [4.69, 9.17) is 0 Å². The molecular formula is C13H18O3S2. The Labute approximate surface area is 112 Å². The topological polar surface area (TPSA) is 51.2 Å². The van der Waals surface area contributed by atoms with Gasteiger partial charge < -0.3 is 0 Å². The first-order chi connectivity index (χ1) is 8.46. The molecule has 1 aromatic heterocycles. The highest BCUT2D eigenvalue weighted by Gasteiger charge is 2.17. The number of rotatable bonds is 5. The first-order valence-electron chi connectivity index (χ1n) is 6.28. The highest BCUT2D eigenvalue weighted by Crippen LogP contribution is 2.30. The Morgan fingerprint density at radius 2 is 2.06 bits per heavy atom. The predicted octanol–water partition coefficient (Wildman–Crippen LogP) is 2.63. The van der Waals surface area contributed by atoms with Crippen LogP contribution in [0.1, 0.15) is 45.8 Å². The minimum atomic E-state index is -2.95. The fraction of sp³-hybridized carbons (Fsp3) is 0.615. The molecule has 0 saturated heterocycles. The number of fused-ring (bicyclic) bond motifs is 1. The average molecular weight is 286 g/mol. The lowest BCUT2D eigenvalue weighted by atomic mass is 9.99. The van der Waals surface area contributed by atoms with Crippen LogP contribution in [0.4, 0.5) is 0 Å². The number of sulfone groups is 1. The quantitative estimate of drug-likeness (QED) is 0.782. The molecule has 0 unspecified atom stereocenters. The van der Waals surface area contributed by atoms with Crippen LogP contribution in [0.15, 0.2) is 6.07 Å². The van der Waals surface area contributed by atoms with Crippen molar-refractivity contribution >= 4 is 27.0 Å². The van der Waals surface area contributed by atoms with E-state index in [0.717, 1.165) is 17.7 Å². The van der Waals surface area contributed by atoms with Gasteiger partial charge in [0.1, 0.15) is 9.84 Å². The zero-order chi connectivity index (χ0) is 13.2. The van der Waals surface area contributed by atoms with Crippen LogP contribution < -0.4 is 0 Å². The summed E-state index contributed by atoms with van der Waals surface area (Å²) in [5, 5.41) is 0. The van der Waals surface area contributed by atoms with Gasteiger partial charge in [-0.3, -0.25) is 4.79 Å². The van der Waals surface area contributed by atoms with Crippen LogP contribution >= 0.6 is 11.3 Å². The maximum Gasteiger partial charge on any atom is 0.172 e. The van der Waals surface area contributed by atoms with Gasteiger partial charge in [-0.15, -0.1) is 11.3 Å². The third-order valence-electron chi connectivity index (χ3n) is 3.19. The highest BCUT2D eigenvalue weighted by atomic mass is 32.2. The monoisotopic (exact) mass is 286 g/mol. The normalized spacial score (nSPS) is 15.4. The third kappa shape index (κ3) is 3.65. The lowest BCUT2D eigenvalue weighted by Crippen LogP contribution is -2.05. The standard InChI is InChI=1S/C13H18O3S2/c1-18(15,16)8-4-6-11(14)13-9-10-5-2-3-7-12(10)17-13/h9H,2-8H2,1H3. The highest BCUT2D eigenvalue weighted by molar-refractivity contribution is 7.90. The van der Waals surface area contributed by atoms with Crippen molar-refractivity contribution in [3.05, 3.63) is 21.4 Å². The molecule has 0 radical (unpaired) electrons. The van der Waals surface area contributed by atoms with Crippen LogP contribution in [0.25, 0.3) is 0 Å². The summed E-state index contributed by atoms with van der Waals surface area (Å²) in [5.41, 5.74) is 1.33. The first-order valence-corrected chi connectivity index (χ1v) is 9.16. The fourth-order valence-electron chi connectivity index (χ4n) is 2.25. The maximum absolute atomic E-state index is 12.0. The lowest BCUT2D eigenvalue weighted by molar-refractivity contribution is 0.0986. The van der Waals surface area contributed by atoms with E-state index in [1.807, 2.05) is 6.07 Å². The number of thiophene rings is 1. The van der Waals surface area contributed by atoms with Gasteiger partial charge in [0.2, 0.25) is 0 Å². The number of hydrogen-bond acceptors (Lipinski definition) is 4. The van der Waals surface area contributed by atoms with Gasteiger partial charge >= 0.3 is 0 Å². The van der Waals surface area contributed by atoms with E-state index in [1.54, 1.807) is 11.3 Å². The van der Waals surface area contributed by atoms with E-state index < -0.39 is 9.84 Å². The Morgan fingerprint density at radius 3 is 2.72 bits per heavy atom. The molecule has 18 heavy (non-hydrogen) atoms. The zero-order valence-electron chi connectivity index (χ0n) is 10.6. The Kier molecular flexibility index (Phi) is 4.22. The predicted molar refractivity (Wildman–Crippen MR) is 74.2 cm³/mol. The van der Waals surface area contributed by atoms with Gasteiger partial charge in [0, 0.05) is 17.6 Å². The molecule has 1 aliphatic rings. The molecule has 1 heterocycles. The number of carbonyl (C=O) groups is 1. The van der Waals surface area contributed by atoms with Crippen molar-refractivity contribution in [2.45, 2.75) is 38.5 Å². The summed E-state index contributed by atoms with van der Waals surface area (Å²) in [7, 11) is -2.95. The van der Waals surface area contributed by atoms with E-state index >= 15 is 0 Å². The molecule has 3 nitrogen and oxygen atoms in total. The second-order valence-electron chi connectivity index (χ2n) is 4.92. The second kappa shape index (κ2) is 5.53. The second-order valence-corrected chi connectivity index (χ2v) is 8.32. The number of aryl methyl sites for hydroxylation is 2. The molecule has 0 atom stereocenters. The minimum absolute atomic E-state index is 0.0954. The summed E-state index contributed by atoms with van der Waals surface area (Å²) in [6, 6.07) is 2.02. The van der Waals surface area contributed by atoms with Gasteiger partial charge in [0.05, 0.1) is 10.6 Å². The number of Topliss-reactive ketones (excluding diaryl/α,β-unsaturated/α-hetero) is 1. The third-order valence-corrected chi connectivity index (χ3v) is 5.50. The van der Waals surface area contributed by atoms with E-state index in [9.17, 15) is 13.2 Å². The summed E-state index contributed by atoms with van der Waals surface area (Å²) < 4.78 is 22.0. The molecular weight excluding hydrogens is 268 g/mol.